The molecule has 5 nitrogen and oxygen atoms in total. The van der Waals surface area contributed by atoms with Gasteiger partial charge in [0.25, 0.3) is 0 Å². The molecular formula is C18H18N4O. The molecule has 0 aliphatic heterocycles. The van der Waals surface area contributed by atoms with Gasteiger partial charge in [0.15, 0.2) is 5.82 Å². The van der Waals surface area contributed by atoms with E-state index in [1.807, 2.05) is 55.5 Å². The van der Waals surface area contributed by atoms with Crippen molar-refractivity contribution in [2.24, 2.45) is 0 Å². The number of ether oxygens (including phenoxy) is 1. The van der Waals surface area contributed by atoms with Gasteiger partial charge in [0, 0.05) is 5.69 Å². The topological polar surface area (TPSA) is 73.1 Å². The van der Waals surface area contributed by atoms with Crippen molar-refractivity contribution in [3.05, 3.63) is 66.0 Å². The van der Waals surface area contributed by atoms with Crippen LogP contribution in [0.5, 0.6) is 11.6 Å². The fourth-order valence-corrected chi connectivity index (χ4v) is 2.11. The van der Waals surface area contributed by atoms with Crippen LogP contribution < -0.4 is 15.8 Å². The van der Waals surface area contributed by atoms with E-state index in [0.717, 1.165) is 11.3 Å². The summed E-state index contributed by atoms with van der Waals surface area (Å²) in [7, 11) is 0. The van der Waals surface area contributed by atoms with Crippen LogP contribution in [0, 0.1) is 13.8 Å². The summed E-state index contributed by atoms with van der Waals surface area (Å²) >= 11 is 0. The van der Waals surface area contributed by atoms with E-state index in [9.17, 15) is 0 Å². The first-order valence-electron chi connectivity index (χ1n) is 7.31. The van der Waals surface area contributed by atoms with Crippen LogP contribution in [-0.2, 0) is 0 Å². The summed E-state index contributed by atoms with van der Waals surface area (Å²) in [4.78, 5) is 8.31. The van der Waals surface area contributed by atoms with Crippen molar-refractivity contribution in [3.8, 4) is 11.6 Å². The van der Waals surface area contributed by atoms with Crippen molar-refractivity contribution >= 4 is 17.2 Å². The van der Waals surface area contributed by atoms with Crippen molar-refractivity contribution in [1.82, 2.24) is 9.97 Å². The van der Waals surface area contributed by atoms with Gasteiger partial charge in [-0.2, -0.15) is 4.98 Å². The molecular weight excluding hydrogens is 288 g/mol. The molecule has 3 N–H and O–H groups in total. The SMILES string of the molecule is Cc1ccc(Oc2ncnc(Nc3ccccc3)c2N)cc1C. The van der Waals surface area contributed by atoms with E-state index in [0.29, 0.717) is 23.1 Å². The molecule has 0 saturated heterocycles. The van der Waals surface area contributed by atoms with E-state index in [1.165, 1.54) is 11.9 Å². The van der Waals surface area contributed by atoms with Crippen LogP contribution in [0.4, 0.5) is 17.2 Å². The summed E-state index contributed by atoms with van der Waals surface area (Å²) in [6.07, 6.45) is 1.43. The normalized spacial score (nSPS) is 10.3. The first-order valence-corrected chi connectivity index (χ1v) is 7.31. The Hall–Kier alpha value is -3.08. The third kappa shape index (κ3) is 3.40. The molecule has 0 spiro atoms. The third-order valence-corrected chi connectivity index (χ3v) is 3.58. The number of nitrogens with two attached hydrogens (primary N) is 1. The summed E-state index contributed by atoms with van der Waals surface area (Å²) in [5.41, 5.74) is 9.76. The van der Waals surface area contributed by atoms with Gasteiger partial charge in [-0.1, -0.05) is 24.3 Å². The second-order valence-corrected chi connectivity index (χ2v) is 5.28. The number of hydrogen-bond donors (Lipinski definition) is 2. The number of nitrogen functional groups attached to an aromatic ring is 1. The Balaban J connectivity index is 1.86. The summed E-state index contributed by atoms with van der Waals surface area (Å²) in [6.45, 7) is 4.09. The second-order valence-electron chi connectivity index (χ2n) is 5.28. The molecule has 1 heterocycles. The molecule has 0 fully saturated rings. The number of nitrogens with one attached hydrogen (secondary N) is 1. The minimum atomic E-state index is 0.335. The predicted octanol–water partition coefficient (Wildman–Crippen LogP) is 4.21. The van der Waals surface area contributed by atoms with Gasteiger partial charge in [-0.05, 0) is 49.2 Å². The maximum atomic E-state index is 6.13. The van der Waals surface area contributed by atoms with Crippen molar-refractivity contribution in [2.45, 2.75) is 13.8 Å². The van der Waals surface area contributed by atoms with Gasteiger partial charge < -0.3 is 15.8 Å². The average Bonchev–Trinajstić information content (AvgIpc) is 2.56. The van der Waals surface area contributed by atoms with E-state index in [4.69, 9.17) is 10.5 Å². The zero-order chi connectivity index (χ0) is 16.2. The van der Waals surface area contributed by atoms with Crippen molar-refractivity contribution in [2.75, 3.05) is 11.1 Å². The standard InChI is InChI=1S/C18H18N4O/c1-12-8-9-15(10-13(12)2)23-18-16(19)17(20-11-21-18)22-14-6-4-3-5-7-14/h3-11H,19H2,1-2H3,(H,20,21,22). The lowest BCUT2D eigenvalue weighted by Crippen LogP contribution is -2.03. The largest absolute Gasteiger partial charge is 0.437 e. The molecule has 0 aliphatic carbocycles. The zero-order valence-corrected chi connectivity index (χ0v) is 13.1. The number of rotatable bonds is 4. The Morgan fingerprint density at radius 3 is 2.48 bits per heavy atom. The molecule has 1 aromatic heterocycles. The molecule has 5 heteroatoms. The monoisotopic (exact) mass is 306 g/mol. The van der Waals surface area contributed by atoms with Crippen LogP contribution in [0.15, 0.2) is 54.9 Å². The van der Waals surface area contributed by atoms with E-state index >= 15 is 0 Å². The Labute approximate surface area is 135 Å². The lowest BCUT2D eigenvalue weighted by atomic mass is 10.1. The number of aromatic nitrogens is 2. The summed E-state index contributed by atoms with van der Waals surface area (Å²) in [5.74, 6) is 1.55. The molecule has 0 unspecified atom stereocenters. The molecule has 23 heavy (non-hydrogen) atoms. The van der Waals surface area contributed by atoms with Gasteiger partial charge in [0.05, 0.1) is 0 Å². The highest BCUT2D eigenvalue weighted by atomic mass is 16.5. The lowest BCUT2D eigenvalue weighted by Gasteiger charge is -2.12. The maximum Gasteiger partial charge on any atom is 0.248 e. The molecule has 0 bridgehead atoms. The van der Waals surface area contributed by atoms with Gasteiger partial charge in [-0.25, -0.2) is 4.98 Å². The fraction of sp³-hybridized carbons (Fsp3) is 0.111. The summed E-state index contributed by atoms with van der Waals surface area (Å²) < 4.78 is 5.81. The Morgan fingerprint density at radius 1 is 0.957 bits per heavy atom. The molecule has 3 rings (SSSR count). The maximum absolute atomic E-state index is 6.13. The summed E-state index contributed by atoms with van der Waals surface area (Å²) in [6, 6.07) is 15.6. The molecule has 0 aliphatic rings. The number of anilines is 3. The highest BCUT2D eigenvalue weighted by Gasteiger charge is 2.11. The zero-order valence-electron chi connectivity index (χ0n) is 13.1. The molecule has 0 radical (unpaired) electrons. The van der Waals surface area contributed by atoms with Crippen LogP contribution in [0.1, 0.15) is 11.1 Å². The highest BCUT2D eigenvalue weighted by Crippen LogP contribution is 2.31. The van der Waals surface area contributed by atoms with Crippen LogP contribution >= 0.6 is 0 Å². The fourth-order valence-electron chi connectivity index (χ4n) is 2.11. The van der Waals surface area contributed by atoms with Crippen LogP contribution in [0.25, 0.3) is 0 Å². The molecule has 0 atom stereocenters. The second kappa shape index (κ2) is 6.36. The van der Waals surface area contributed by atoms with E-state index in [1.54, 1.807) is 0 Å². The van der Waals surface area contributed by atoms with E-state index in [-0.39, 0.29) is 0 Å². The van der Waals surface area contributed by atoms with E-state index < -0.39 is 0 Å². The van der Waals surface area contributed by atoms with Crippen molar-refractivity contribution in [1.29, 1.82) is 0 Å². The predicted molar refractivity (Wildman–Crippen MR) is 92.2 cm³/mol. The smallest absolute Gasteiger partial charge is 0.248 e. The summed E-state index contributed by atoms with van der Waals surface area (Å²) in [5, 5.41) is 3.16. The Bertz CT molecular complexity index is 819. The molecule has 3 aromatic rings. The van der Waals surface area contributed by atoms with Gasteiger partial charge in [-0.15, -0.1) is 0 Å². The minimum Gasteiger partial charge on any atom is -0.437 e. The third-order valence-electron chi connectivity index (χ3n) is 3.58. The van der Waals surface area contributed by atoms with Crippen LogP contribution in [-0.4, -0.2) is 9.97 Å². The van der Waals surface area contributed by atoms with Crippen molar-refractivity contribution in [3.63, 3.8) is 0 Å². The quantitative estimate of drug-likeness (QED) is 0.755. The van der Waals surface area contributed by atoms with Crippen molar-refractivity contribution < 1.29 is 4.74 Å². The molecule has 2 aromatic carbocycles. The van der Waals surface area contributed by atoms with Crippen LogP contribution in [0.3, 0.4) is 0 Å². The van der Waals surface area contributed by atoms with Crippen LogP contribution in [0.2, 0.25) is 0 Å². The number of aryl methyl sites for hydroxylation is 2. The highest BCUT2D eigenvalue weighted by molar-refractivity contribution is 5.72. The van der Waals surface area contributed by atoms with Gasteiger partial charge in [0.1, 0.15) is 17.8 Å². The molecule has 0 saturated carbocycles. The Morgan fingerprint density at radius 2 is 1.74 bits per heavy atom. The Kier molecular flexibility index (Phi) is 4.10. The number of nitrogens with zero attached hydrogens (tertiary/aromatic N) is 2. The van der Waals surface area contributed by atoms with E-state index in [2.05, 4.69) is 22.2 Å². The number of para-hydroxylation sites is 1. The van der Waals surface area contributed by atoms with Gasteiger partial charge >= 0.3 is 0 Å². The first kappa shape index (κ1) is 14.8. The van der Waals surface area contributed by atoms with Gasteiger partial charge in [0.2, 0.25) is 5.88 Å². The molecule has 116 valence electrons. The average molecular weight is 306 g/mol. The molecule has 0 amide bonds. The van der Waals surface area contributed by atoms with Gasteiger partial charge in [-0.3, -0.25) is 0 Å². The number of benzene rings is 2. The number of hydrogen-bond acceptors (Lipinski definition) is 5. The first-order chi connectivity index (χ1) is 11.1. The lowest BCUT2D eigenvalue weighted by molar-refractivity contribution is 0.464. The minimum absolute atomic E-state index is 0.335.